The van der Waals surface area contributed by atoms with E-state index in [0.717, 1.165) is 16.6 Å². The highest BCUT2D eigenvalue weighted by molar-refractivity contribution is 5.91. The van der Waals surface area contributed by atoms with Crippen molar-refractivity contribution in [2.45, 2.75) is 20.3 Å². The fourth-order valence-corrected chi connectivity index (χ4v) is 2.90. The van der Waals surface area contributed by atoms with Gasteiger partial charge in [-0.3, -0.25) is 10.1 Å². The molecule has 148 valence electrons. The molecule has 0 amide bonds. The first kappa shape index (κ1) is 19.9. The molecule has 1 N–H and O–H groups in total. The van der Waals surface area contributed by atoms with Gasteiger partial charge in [-0.15, -0.1) is 0 Å². The van der Waals surface area contributed by atoms with Gasteiger partial charge in [-0.2, -0.15) is 5.26 Å². The Morgan fingerprint density at radius 1 is 1.38 bits per heavy atom. The van der Waals surface area contributed by atoms with Gasteiger partial charge in [0.25, 0.3) is 0 Å². The predicted molar refractivity (Wildman–Crippen MR) is 110 cm³/mol. The van der Waals surface area contributed by atoms with Crippen LogP contribution in [0.4, 0.5) is 5.69 Å². The number of nitrogens with zero attached hydrogens (tertiary/aromatic N) is 3. The van der Waals surface area contributed by atoms with Gasteiger partial charge < -0.3 is 14.5 Å². The van der Waals surface area contributed by atoms with Crippen molar-refractivity contribution in [2.75, 3.05) is 13.7 Å². The maximum absolute atomic E-state index is 11.5. The minimum absolute atomic E-state index is 0.0780. The average Bonchev–Trinajstić information content (AvgIpc) is 3.12. The highest BCUT2D eigenvalue weighted by Crippen LogP contribution is 2.39. The molecular weight excluding hydrogens is 372 g/mol. The molecule has 1 heterocycles. The Hall–Kier alpha value is -3.86. The molecule has 29 heavy (non-hydrogen) atoms. The van der Waals surface area contributed by atoms with E-state index in [1.165, 1.54) is 19.3 Å². The molecule has 3 aromatic rings. The number of H-pyrrole nitrogens is 1. The predicted octanol–water partition coefficient (Wildman–Crippen LogP) is 4.64. The molecule has 2 aromatic carbocycles. The second kappa shape index (κ2) is 8.44. The molecule has 0 aliphatic heterocycles. The summed E-state index contributed by atoms with van der Waals surface area (Å²) in [5.41, 5.74) is 3.08. The number of imidazole rings is 1. The van der Waals surface area contributed by atoms with E-state index in [4.69, 9.17) is 9.47 Å². The number of aromatic amines is 1. The third kappa shape index (κ3) is 4.19. The van der Waals surface area contributed by atoms with Crippen LogP contribution < -0.4 is 9.47 Å². The Balaban J connectivity index is 2.09. The van der Waals surface area contributed by atoms with Crippen LogP contribution in [0.2, 0.25) is 0 Å². The van der Waals surface area contributed by atoms with Gasteiger partial charge in [-0.1, -0.05) is 13.0 Å². The minimum atomic E-state index is -0.527. The summed E-state index contributed by atoms with van der Waals surface area (Å²) in [6.45, 7) is 4.20. The summed E-state index contributed by atoms with van der Waals surface area (Å²) >= 11 is 0. The standard InChI is InChI=1S/C21H20N4O4/c1-4-7-29-20-18(25(26)27)10-14(11-19(20)28-3)9-15(12-22)21-23-16-6-5-13(2)8-17(16)24-21/h5-6,8-11H,4,7H2,1-3H3,(H,23,24)/b15-9-. The number of hydrogen-bond acceptors (Lipinski definition) is 6. The topological polar surface area (TPSA) is 114 Å². The van der Waals surface area contributed by atoms with Crippen LogP contribution in [0.15, 0.2) is 30.3 Å². The van der Waals surface area contributed by atoms with Gasteiger partial charge in [-0.25, -0.2) is 4.98 Å². The zero-order valence-corrected chi connectivity index (χ0v) is 16.4. The van der Waals surface area contributed by atoms with E-state index in [1.54, 1.807) is 6.07 Å². The van der Waals surface area contributed by atoms with Crippen molar-refractivity contribution in [1.29, 1.82) is 5.26 Å². The Morgan fingerprint density at radius 2 is 2.17 bits per heavy atom. The number of nitro benzene ring substituents is 1. The molecule has 8 nitrogen and oxygen atoms in total. The summed E-state index contributed by atoms with van der Waals surface area (Å²) in [4.78, 5) is 18.6. The van der Waals surface area contributed by atoms with Crippen LogP contribution in [-0.4, -0.2) is 28.6 Å². The van der Waals surface area contributed by atoms with E-state index in [0.29, 0.717) is 24.4 Å². The molecule has 8 heteroatoms. The van der Waals surface area contributed by atoms with Gasteiger partial charge in [0.15, 0.2) is 5.75 Å². The summed E-state index contributed by atoms with van der Waals surface area (Å²) in [5.74, 6) is 0.701. The van der Waals surface area contributed by atoms with Crippen LogP contribution in [0.5, 0.6) is 11.5 Å². The van der Waals surface area contributed by atoms with E-state index in [9.17, 15) is 15.4 Å². The van der Waals surface area contributed by atoms with Gasteiger partial charge in [0.2, 0.25) is 5.75 Å². The molecule has 0 radical (unpaired) electrons. The second-order valence-electron chi connectivity index (χ2n) is 6.45. The number of aryl methyl sites for hydroxylation is 1. The lowest BCUT2D eigenvalue weighted by Gasteiger charge is -2.11. The van der Waals surface area contributed by atoms with Crippen LogP contribution in [0.1, 0.15) is 30.3 Å². The number of benzene rings is 2. The third-order valence-electron chi connectivity index (χ3n) is 4.25. The highest BCUT2D eigenvalue weighted by atomic mass is 16.6. The molecule has 0 saturated heterocycles. The van der Waals surface area contributed by atoms with Crippen molar-refractivity contribution in [3.8, 4) is 17.6 Å². The SMILES string of the molecule is CCCOc1c(OC)cc(/C=C(/C#N)c2nc3ccc(C)cc3[nH]2)cc1[N+](=O)[O-]. The molecule has 0 spiro atoms. The molecule has 0 aliphatic carbocycles. The lowest BCUT2D eigenvalue weighted by Crippen LogP contribution is -2.02. The van der Waals surface area contributed by atoms with E-state index >= 15 is 0 Å². The lowest BCUT2D eigenvalue weighted by atomic mass is 10.1. The first-order valence-electron chi connectivity index (χ1n) is 9.04. The van der Waals surface area contributed by atoms with Crippen molar-refractivity contribution < 1.29 is 14.4 Å². The number of rotatable bonds is 7. The van der Waals surface area contributed by atoms with Gasteiger partial charge in [-0.05, 0) is 48.7 Å². The van der Waals surface area contributed by atoms with Crippen LogP contribution >= 0.6 is 0 Å². The van der Waals surface area contributed by atoms with Crippen LogP contribution in [0, 0.1) is 28.4 Å². The first-order valence-corrected chi connectivity index (χ1v) is 9.04. The number of nitro groups is 1. The lowest BCUT2D eigenvalue weighted by molar-refractivity contribution is -0.386. The number of aromatic nitrogens is 2. The minimum Gasteiger partial charge on any atom is -0.493 e. The molecule has 0 saturated carbocycles. The van der Waals surface area contributed by atoms with Crippen molar-refractivity contribution in [3.63, 3.8) is 0 Å². The molecule has 0 atom stereocenters. The largest absolute Gasteiger partial charge is 0.493 e. The first-order chi connectivity index (χ1) is 14.0. The van der Waals surface area contributed by atoms with Gasteiger partial charge in [0, 0.05) is 6.07 Å². The van der Waals surface area contributed by atoms with Crippen molar-refractivity contribution in [2.24, 2.45) is 0 Å². The number of ether oxygens (including phenoxy) is 2. The number of allylic oxidation sites excluding steroid dienone is 1. The quantitative estimate of drug-likeness (QED) is 0.356. The van der Waals surface area contributed by atoms with Crippen LogP contribution in [0.3, 0.4) is 0 Å². The maximum atomic E-state index is 11.5. The summed E-state index contributed by atoms with van der Waals surface area (Å²) in [6, 6.07) is 10.8. The summed E-state index contributed by atoms with van der Waals surface area (Å²) < 4.78 is 10.8. The Kier molecular flexibility index (Phi) is 5.79. The smallest absolute Gasteiger partial charge is 0.315 e. The summed E-state index contributed by atoms with van der Waals surface area (Å²) in [6.07, 6.45) is 2.23. The molecule has 3 rings (SSSR count). The fraction of sp³-hybridized carbons (Fsp3) is 0.238. The molecule has 0 bridgehead atoms. The monoisotopic (exact) mass is 392 g/mol. The molecule has 0 unspecified atom stereocenters. The Morgan fingerprint density at radius 3 is 2.83 bits per heavy atom. The van der Waals surface area contributed by atoms with E-state index in [2.05, 4.69) is 16.0 Å². The van der Waals surface area contributed by atoms with E-state index < -0.39 is 4.92 Å². The Labute approximate surface area is 167 Å². The van der Waals surface area contributed by atoms with Crippen molar-refractivity contribution in [1.82, 2.24) is 9.97 Å². The van der Waals surface area contributed by atoms with Gasteiger partial charge in [0.1, 0.15) is 11.9 Å². The van der Waals surface area contributed by atoms with E-state index in [-0.39, 0.29) is 22.8 Å². The number of nitrogens with one attached hydrogen (secondary N) is 1. The molecule has 0 fully saturated rings. The second-order valence-corrected chi connectivity index (χ2v) is 6.45. The molecule has 0 aliphatic rings. The summed E-state index contributed by atoms with van der Waals surface area (Å²) in [7, 11) is 1.41. The molecular formula is C21H20N4O4. The summed E-state index contributed by atoms with van der Waals surface area (Å²) in [5, 5.41) is 21.2. The third-order valence-corrected chi connectivity index (χ3v) is 4.25. The normalized spacial score (nSPS) is 11.3. The highest BCUT2D eigenvalue weighted by Gasteiger charge is 2.22. The average molecular weight is 392 g/mol. The number of methoxy groups -OCH3 is 1. The van der Waals surface area contributed by atoms with Crippen LogP contribution in [-0.2, 0) is 0 Å². The number of hydrogen-bond donors (Lipinski definition) is 1. The number of nitriles is 1. The fourth-order valence-electron chi connectivity index (χ4n) is 2.90. The van der Waals surface area contributed by atoms with Gasteiger partial charge >= 0.3 is 5.69 Å². The number of fused-ring (bicyclic) bond motifs is 1. The maximum Gasteiger partial charge on any atom is 0.315 e. The van der Waals surface area contributed by atoms with Crippen molar-refractivity contribution in [3.05, 3.63) is 57.4 Å². The zero-order valence-electron chi connectivity index (χ0n) is 16.4. The van der Waals surface area contributed by atoms with Crippen molar-refractivity contribution >= 4 is 28.4 Å². The van der Waals surface area contributed by atoms with Crippen LogP contribution in [0.25, 0.3) is 22.7 Å². The zero-order chi connectivity index (χ0) is 21.0. The molecule has 1 aromatic heterocycles. The Bertz CT molecular complexity index is 1140. The van der Waals surface area contributed by atoms with Gasteiger partial charge in [0.05, 0.1) is 35.2 Å². The van der Waals surface area contributed by atoms with E-state index in [1.807, 2.05) is 32.0 Å².